The van der Waals surface area contributed by atoms with Gasteiger partial charge in [-0.2, -0.15) is 0 Å². The van der Waals surface area contributed by atoms with Crippen molar-refractivity contribution in [3.8, 4) is 0 Å². The zero-order valence-electron chi connectivity index (χ0n) is 17.2. The summed E-state index contributed by atoms with van der Waals surface area (Å²) in [7, 11) is 2.14. The molecule has 1 atom stereocenters. The minimum atomic E-state index is -1.05. The SMILES string of the molecule is CCCCN(C)CCNC(=NCC(C)(O)c1cc(C)oc1C)NCC.I. The van der Waals surface area contributed by atoms with Gasteiger partial charge >= 0.3 is 0 Å². The van der Waals surface area contributed by atoms with E-state index in [4.69, 9.17) is 4.42 Å². The number of likely N-dealkylation sites (N-methyl/N-ethyl adjacent to an activating group) is 1. The highest BCUT2D eigenvalue weighted by Crippen LogP contribution is 2.27. The van der Waals surface area contributed by atoms with Crippen molar-refractivity contribution in [1.82, 2.24) is 15.5 Å². The quantitative estimate of drug-likeness (QED) is 0.273. The van der Waals surface area contributed by atoms with Gasteiger partial charge in [0.15, 0.2) is 5.96 Å². The number of nitrogens with one attached hydrogen (secondary N) is 2. The largest absolute Gasteiger partial charge is 0.466 e. The number of nitrogens with zero attached hydrogens (tertiary/aromatic N) is 2. The average Bonchev–Trinajstić information content (AvgIpc) is 2.90. The molecule has 26 heavy (non-hydrogen) atoms. The fourth-order valence-corrected chi connectivity index (χ4v) is 2.73. The highest BCUT2D eigenvalue weighted by atomic mass is 127. The van der Waals surface area contributed by atoms with Gasteiger partial charge in [-0.25, -0.2) is 4.99 Å². The first kappa shape index (κ1) is 25.2. The molecule has 1 rings (SSSR count). The Morgan fingerprint density at radius 3 is 2.50 bits per heavy atom. The predicted octanol–water partition coefficient (Wildman–Crippen LogP) is 3.01. The van der Waals surface area contributed by atoms with Crippen molar-refractivity contribution in [2.24, 2.45) is 4.99 Å². The summed E-state index contributed by atoms with van der Waals surface area (Å²) < 4.78 is 5.53. The third-order valence-electron chi connectivity index (χ3n) is 4.19. The highest BCUT2D eigenvalue weighted by molar-refractivity contribution is 14.0. The van der Waals surface area contributed by atoms with Crippen LogP contribution in [-0.4, -0.2) is 55.7 Å². The van der Waals surface area contributed by atoms with Gasteiger partial charge < -0.3 is 25.1 Å². The van der Waals surface area contributed by atoms with Gasteiger partial charge in [-0.15, -0.1) is 24.0 Å². The molecule has 0 aliphatic heterocycles. The molecule has 0 amide bonds. The van der Waals surface area contributed by atoms with Crippen molar-refractivity contribution in [2.45, 2.75) is 53.1 Å². The third-order valence-corrected chi connectivity index (χ3v) is 4.19. The first-order valence-corrected chi connectivity index (χ1v) is 9.30. The molecule has 7 heteroatoms. The van der Waals surface area contributed by atoms with Crippen molar-refractivity contribution in [3.63, 3.8) is 0 Å². The Morgan fingerprint density at radius 1 is 1.27 bits per heavy atom. The molecule has 0 aliphatic rings. The zero-order chi connectivity index (χ0) is 18.9. The number of hydrogen-bond donors (Lipinski definition) is 3. The molecule has 0 aromatic carbocycles. The average molecular weight is 480 g/mol. The van der Waals surface area contributed by atoms with Crippen LogP contribution < -0.4 is 10.6 Å². The van der Waals surface area contributed by atoms with E-state index in [0.29, 0.717) is 0 Å². The maximum atomic E-state index is 10.8. The van der Waals surface area contributed by atoms with Gasteiger partial charge in [0, 0.05) is 25.2 Å². The molecule has 1 aromatic rings. The number of furan rings is 1. The van der Waals surface area contributed by atoms with E-state index in [1.54, 1.807) is 6.92 Å². The molecule has 1 heterocycles. The second-order valence-corrected chi connectivity index (χ2v) is 6.88. The lowest BCUT2D eigenvalue weighted by atomic mass is 9.96. The van der Waals surface area contributed by atoms with Crippen molar-refractivity contribution < 1.29 is 9.52 Å². The van der Waals surface area contributed by atoms with E-state index in [-0.39, 0.29) is 30.5 Å². The number of aliphatic imine (C=N–C) groups is 1. The number of guanidine groups is 1. The monoisotopic (exact) mass is 480 g/mol. The number of halogens is 1. The molecule has 0 fully saturated rings. The summed E-state index contributed by atoms with van der Waals surface area (Å²) in [5.74, 6) is 2.27. The molecule has 152 valence electrons. The van der Waals surface area contributed by atoms with E-state index < -0.39 is 5.60 Å². The second-order valence-electron chi connectivity index (χ2n) is 6.88. The van der Waals surface area contributed by atoms with Gasteiger partial charge in [-0.05, 0) is 53.8 Å². The summed E-state index contributed by atoms with van der Waals surface area (Å²) in [5.41, 5.74) is -0.258. The summed E-state index contributed by atoms with van der Waals surface area (Å²) >= 11 is 0. The number of unbranched alkanes of at least 4 members (excludes halogenated alkanes) is 1. The van der Waals surface area contributed by atoms with Crippen LogP contribution in [0.1, 0.15) is 50.7 Å². The van der Waals surface area contributed by atoms with Crippen LogP contribution >= 0.6 is 24.0 Å². The van der Waals surface area contributed by atoms with Crippen molar-refractivity contribution in [2.75, 3.05) is 39.8 Å². The first-order valence-electron chi connectivity index (χ1n) is 9.30. The predicted molar refractivity (Wildman–Crippen MR) is 120 cm³/mol. The maximum Gasteiger partial charge on any atom is 0.191 e. The molecule has 0 saturated carbocycles. The Balaban J connectivity index is 0.00000625. The van der Waals surface area contributed by atoms with Crippen molar-refractivity contribution in [1.29, 1.82) is 0 Å². The Kier molecular flexibility index (Phi) is 12.2. The van der Waals surface area contributed by atoms with E-state index in [1.165, 1.54) is 12.8 Å². The lowest BCUT2D eigenvalue weighted by molar-refractivity contribution is 0.0657. The molecule has 6 nitrogen and oxygen atoms in total. The number of aryl methyl sites for hydroxylation is 2. The Bertz CT molecular complexity index is 544. The lowest BCUT2D eigenvalue weighted by Crippen LogP contribution is -2.42. The Hall–Kier alpha value is -0.800. The summed E-state index contributed by atoms with van der Waals surface area (Å²) in [5, 5.41) is 17.3. The Morgan fingerprint density at radius 2 is 1.96 bits per heavy atom. The van der Waals surface area contributed by atoms with Gasteiger partial charge in [0.1, 0.15) is 17.1 Å². The topological polar surface area (TPSA) is 73.0 Å². The van der Waals surface area contributed by atoms with Crippen molar-refractivity contribution >= 4 is 29.9 Å². The molecule has 1 unspecified atom stereocenters. The molecular formula is C19H37IN4O2. The van der Waals surface area contributed by atoms with Crippen LogP contribution in [0.15, 0.2) is 15.5 Å². The first-order chi connectivity index (χ1) is 11.8. The standard InChI is InChI=1S/C19H36N4O2.HI/c1-7-9-11-23(6)12-10-21-18(20-8-2)22-14-19(5,24)17-13-15(3)25-16(17)4;/h13,24H,7-12,14H2,1-6H3,(H2,20,21,22);1H. The molecule has 3 N–H and O–H groups in total. The molecule has 0 radical (unpaired) electrons. The Labute approximate surface area is 175 Å². The van der Waals surface area contributed by atoms with E-state index in [9.17, 15) is 5.11 Å². The van der Waals surface area contributed by atoms with Gasteiger partial charge in [0.25, 0.3) is 0 Å². The van der Waals surface area contributed by atoms with E-state index >= 15 is 0 Å². The van der Waals surface area contributed by atoms with Crippen LogP contribution in [0.25, 0.3) is 0 Å². The van der Waals surface area contributed by atoms with E-state index in [0.717, 1.165) is 49.2 Å². The van der Waals surface area contributed by atoms with Crippen LogP contribution in [0.5, 0.6) is 0 Å². The van der Waals surface area contributed by atoms with Crippen LogP contribution in [0, 0.1) is 13.8 Å². The third kappa shape index (κ3) is 8.73. The summed E-state index contributed by atoms with van der Waals surface area (Å²) in [4.78, 5) is 6.87. The molecule has 0 aliphatic carbocycles. The highest BCUT2D eigenvalue weighted by Gasteiger charge is 2.27. The summed E-state index contributed by atoms with van der Waals surface area (Å²) in [6, 6.07) is 1.88. The second kappa shape index (κ2) is 12.6. The van der Waals surface area contributed by atoms with Crippen molar-refractivity contribution in [3.05, 3.63) is 23.2 Å². The van der Waals surface area contributed by atoms with Gasteiger partial charge in [0.2, 0.25) is 0 Å². The molecule has 0 saturated heterocycles. The smallest absolute Gasteiger partial charge is 0.191 e. The van der Waals surface area contributed by atoms with Crippen LogP contribution in [-0.2, 0) is 5.60 Å². The number of aliphatic hydroxyl groups is 1. The molecule has 1 aromatic heterocycles. The molecule has 0 bridgehead atoms. The minimum absolute atomic E-state index is 0. The minimum Gasteiger partial charge on any atom is -0.466 e. The van der Waals surface area contributed by atoms with E-state index in [2.05, 4.69) is 34.5 Å². The van der Waals surface area contributed by atoms with Crippen LogP contribution in [0.2, 0.25) is 0 Å². The lowest BCUT2D eigenvalue weighted by Gasteiger charge is -2.22. The van der Waals surface area contributed by atoms with Gasteiger partial charge in [-0.1, -0.05) is 13.3 Å². The maximum absolute atomic E-state index is 10.8. The number of hydrogen-bond acceptors (Lipinski definition) is 4. The van der Waals surface area contributed by atoms with E-state index in [1.807, 2.05) is 26.8 Å². The van der Waals surface area contributed by atoms with Gasteiger partial charge in [0.05, 0.1) is 6.54 Å². The zero-order valence-corrected chi connectivity index (χ0v) is 19.5. The summed E-state index contributed by atoms with van der Waals surface area (Å²) in [6.07, 6.45) is 2.43. The fraction of sp³-hybridized carbons (Fsp3) is 0.737. The molecular weight excluding hydrogens is 443 g/mol. The van der Waals surface area contributed by atoms with Gasteiger partial charge in [-0.3, -0.25) is 0 Å². The summed E-state index contributed by atoms with van der Waals surface area (Å²) in [6.45, 7) is 13.7. The van der Waals surface area contributed by atoms with Crippen LogP contribution in [0.4, 0.5) is 0 Å². The van der Waals surface area contributed by atoms with Crippen LogP contribution in [0.3, 0.4) is 0 Å². The fourth-order valence-electron chi connectivity index (χ4n) is 2.73. The molecule has 0 spiro atoms. The normalized spacial score (nSPS) is 14.1. The number of rotatable bonds is 10.